The monoisotopic (exact) mass is 518 g/mol. The van der Waals surface area contributed by atoms with Crippen LogP contribution in [0.4, 0.5) is 4.79 Å². The van der Waals surface area contributed by atoms with Gasteiger partial charge < -0.3 is 0 Å². The van der Waals surface area contributed by atoms with Gasteiger partial charge in [0.2, 0.25) is 0 Å². The third-order valence-corrected chi connectivity index (χ3v) is 9.65. The summed E-state index contributed by atoms with van der Waals surface area (Å²) in [4.78, 5) is 14.8. The minimum atomic E-state index is -4.60. The van der Waals surface area contributed by atoms with Crippen LogP contribution in [0.25, 0.3) is 0 Å². The van der Waals surface area contributed by atoms with Crippen LogP contribution in [0, 0.1) is 0 Å². The summed E-state index contributed by atoms with van der Waals surface area (Å²) in [6.45, 7) is 5.69. The van der Waals surface area contributed by atoms with Crippen molar-refractivity contribution in [2.75, 3.05) is 28.1 Å². The van der Waals surface area contributed by atoms with Gasteiger partial charge in [-0.3, -0.25) is 0 Å². The van der Waals surface area contributed by atoms with Gasteiger partial charge in [-0.1, -0.05) is 0 Å². The Balaban J connectivity index is 2.48. The number of nitrogens with two attached hydrogens (primary N) is 2. The van der Waals surface area contributed by atoms with Crippen molar-refractivity contribution in [1.29, 1.82) is 0 Å². The van der Waals surface area contributed by atoms with E-state index in [1.807, 2.05) is 18.2 Å². The fourth-order valence-corrected chi connectivity index (χ4v) is 6.93. The van der Waals surface area contributed by atoms with E-state index in [0.29, 0.717) is 12.3 Å². The van der Waals surface area contributed by atoms with Crippen LogP contribution in [0.15, 0.2) is 46.2 Å². The Morgan fingerprint density at radius 3 is 2.27 bits per heavy atom. The maximum atomic E-state index is 13.2. The van der Waals surface area contributed by atoms with Gasteiger partial charge in [0, 0.05) is 0 Å². The minimum absolute atomic E-state index is 0.106. The molecule has 0 saturated heterocycles. The molecular weight excluding hydrogens is 487 g/mol. The Hall–Kier alpha value is -1.42. The van der Waals surface area contributed by atoms with Crippen molar-refractivity contribution < 1.29 is 28.1 Å². The Morgan fingerprint density at radius 1 is 1.09 bits per heavy atom. The fraction of sp³-hybridized carbons (Fsp3) is 0.409. The number of methoxy groups -OCH3 is 1. The molecule has 2 aromatic carbocycles. The zero-order chi connectivity index (χ0) is 24.9. The van der Waals surface area contributed by atoms with Gasteiger partial charge in [0.05, 0.1) is 0 Å². The van der Waals surface area contributed by atoms with Crippen molar-refractivity contribution in [3.05, 3.63) is 47.0 Å². The second kappa shape index (κ2) is 10.9. The molecule has 0 atom stereocenters. The first-order valence-electron chi connectivity index (χ1n) is 10.0. The van der Waals surface area contributed by atoms with E-state index in [1.165, 1.54) is 26.0 Å². The van der Waals surface area contributed by atoms with Gasteiger partial charge in [-0.05, 0) is 0 Å². The van der Waals surface area contributed by atoms with E-state index in [2.05, 4.69) is 0 Å². The number of rotatable bonds is 10. The molecule has 0 aliphatic carbocycles. The number of halogens is 1. The SMILES string of the molecule is COCOc1ccc(CN)cc1Sc1ccc(P(N)(OC)(OC)C(=O)OC(C)(C)C)c(Cl)c1. The summed E-state index contributed by atoms with van der Waals surface area (Å²) < 4.78 is 27.4. The van der Waals surface area contributed by atoms with Crippen molar-refractivity contribution in [2.24, 2.45) is 11.2 Å². The summed E-state index contributed by atoms with van der Waals surface area (Å²) in [6, 6.07) is 10.8. The zero-order valence-electron chi connectivity index (χ0n) is 19.7. The third kappa shape index (κ3) is 6.18. The molecular formula is C22H32ClN2O6PS. The predicted molar refractivity (Wildman–Crippen MR) is 133 cm³/mol. The number of carbonyl (C=O) groups is 1. The molecule has 0 amide bonds. The molecule has 0 heterocycles. The molecule has 184 valence electrons. The zero-order valence-corrected chi connectivity index (χ0v) is 22.2. The van der Waals surface area contributed by atoms with E-state index in [9.17, 15) is 4.79 Å². The van der Waals surface area contributed by atoms with Crippen LogP contribution in [-0.4, -0.2) is 39.4 Å². The van der Waals surface area contributed by atoms with E-state index in [4.69, 9.17) is 46.1 Å². The Labute approximate surface area is 204 Å². The number of carbonyl (C=O) groups excluding carboxylic acids is 1. The average molecular weight is 519 g/mol. The summed E-state index contributed by atoms with van der Waals surface area (Å²) >= 11 is 8.04. The average Bonchev–Trinajstić information content (AvgIpc) is 2.76. The van der Waals surface area contributed by atoms with E-state index < -0.39 is 18.5 Å². The van der Waals surface area contributed by atoms with E-state index in [0.717, 1.165) is 15.4 Å². The number of benzene rings is 2. The predicted octanol–water partition coefficient (Wildman–Crippen LogP) is 5.04. The normalized spacial score (nSPS) is 13.3. The molecule has 0 fully saturated rings. The van der Waals surface area contributed by atoms with Gasteiger partial charge in [-0.25, -0.2) is 0 Å². The van der Waals surface area contributed by atoms with Crippen LogP contribution in [0.2, 0.25) is 5.02 Å². The molecule has 0 unspecified atom stereocenters. The molecule has 0 saturated carbocycles. The first kappa shape index (κ1) is 27.8. The van der Waals surface area contributed by atoms with Crippen molar-refractivity contribution in [2.45, 2.75) is 42.7 Å². The van der Waals surface area contributed by atoms with Crippen molar-refractivity contribution in [3.63, 3.8) is 0 Å². The molecule has 4 N–H and O–H groups in total. The van der Waals surface area contributed by atoms with Crippen LogP contribution in [0.5, 0.6) is 5.75 Å². The molecule has 11 heteroatoms. The molecule has 33 heavy (non-hydrogen) atoms. The summed E-state index contributed by atoms with van der Waals surface area (Å²) in [5.74, 6) is 0.639. The van der Waals surface area contributed by atoms with E-state index >= 15 is 0 Å². The Kier molecular flexibility index (Phi) is 9.18. The maximum absolute atomic E-state index is 13.2. The van der Waals surface area contributed by atoms with Crippen LogP contribution >= 0.6 is 30.6 Å². The second-order valence-corrected chi connectivity index (χ2v) is 13.3. The summed E-state index contributed by atoms with van der Waals surface area (Å²) in [5, 5.41) is 0.446. The van der Waals surface area contributed by atoms with E-state index in [-0.39, 0.29) is 17.1 Å². The first-order chi connectivity index (χ1) is 15.4. The molecule has 0 bridgehead atoms. The van der Waals surface area contributed by atoms with Gasteiger partial charge >= 0.3 is 204 Å². The molecule has 8 nitrogen and oxygen atoms in total. The quantitative estimate of drug-likeness (QED) is 0.329. The van der Waals surface area contributed by atoms with E-state index in [1.54, 1.807) is 46.1 Å². The summed E-state index contributed by atoms with van der Waals surface area (Å²) in [6.07, 6.45) is 0. The number of hydrogen-bond donors (Lipinski definition) is 2. The molecule has 0 aromatic heterocycles. The van der Waals surface area contributed by atoms with Crippen molar-refractivity contribution in [1.82, 2.24) is 0 Å². The van der Waals surface area contributed by atoms with Gasteiger partial charge in [-0.2, -0.15) is 0 Å². The molecule has 0 radical (unpaired) electrons. The Bertz CT molecular complexity index is 997. The van der Waals surface area contributed by atoms with Crippen LogP contribution in [0.1, 0.15) is 26.3 Å². The third-order valence-electron chi connectivity index (χ3n) is 4.64. The topological polar surface area (TPSA) is 115 Å². The van der Waals surface area contributed by atoms with Crippen molar-refractivity contribution in [3.8, 4) is 5.75 Å². The van der Waals surface area contributed by atoms with Gasteiger partial charge in [0.25, 0.3) is 0 Å². The molecule has 2 rings (SSSR count). The molecule has 2 aromatic rings. The summed E-state index contributed by atoms with van der Waals surface area (Å²) in [5.41, 5.74) is 11.7. The van der Waals surface area contributed by atoms with Crippen LogP contribution in [0.3, 0.4) is 0 Å². The Morgan fingerprint density at radius 2 is 1.76 bits per heavy atom. The number of ether oxygens (including phenoxy) is 3. The molecule has 0 aliphatic rings. The van der Waals surface area contributed by atoms with Gasteiger partial charge in [0.15, 0.2) is 0 Å². The van der Waals surface area contributed by atoms with Crippen molar-refractivity contribution >= 4 is 41.6 Å². The molecule has 0 spiro atoms. The standard InChI is InChI=1S/C22H32ClN2O6PS/c1-22(2,3)31-21(26)32(25,28-5,29-6)19-10-8-16(12-17(19)23)33-20-11-15(13-24)7-9-18(20)30-14-27-4/h7-12H,13-14,24-25H2,1-6H3. The summed E-state index contributed by atoms with van der Waals surface area (Å²) in [7, 11) is -0.432. The van der Waals surface area contributed by atoms with Crippen LogP contribution in [-0.2, 0) is 25.1 Å². The van der Waals surface area contributed by atoms with Gasteiger partial charge in [0.1, 0.15) is 0 Å². The fourth-order valence-electron chi connectivity index (χ4n) is 2.89. The van der Waals surface area contributed by atoms with Gasteiger partial charge in [-0.15, -0.1) is 0 Å². The number of hydrogen-bond acceptors (Lipinski definition) is 9. The second-order valence-electron chi connectivity index (χ2n) is 8.12. The molecule has 0 aliphatic heterocycles. The van der Waals surface area contributed by atoms with Crippen LogP contribution < -0.4 is 21.3 Å². The first-order valence-corrected chi connectivity index (χ1v) is 13.4.